The van der Waals surface area contributed by atoms with E-state index in [-0.39, 0.29) is 10.8 Å². The average molecular weight is 303 g/mol. The Bertz CT molecular complexity index is 686. The van der Waals surface area contributed by atoms with Crippen molar-refractivity contribution in [3.05, 3.63) is 11.6 Å². The molecule has 0 saturated carbocycles. The van der Waals surface area contributed by atoms with Crippen LogP contribution in [0, 0.1) is 0 Å². The van der Waals surface area contributed by atoms with Crippen molar-refractivity contribution in [2.24, 2.45) is 5.84 Å². The molecule has 2 aromatic heterocycles. The van der Waals surface area contributed by atoms with Crippen LogP contribution in [0.5, 0.6) is 0 Å². The van der Waals surface area contributed by atoms with Crippen LogP contribution in [-0.4, -0.2) is 23.3 Å². The fourth-order valence-corrected chi connectivity index (χ4v) is 4.11. The lowest BCUT2D eigenvalue weighted by Crippen LogP contribution is -2.43. The highest BCUT2D eigenvalue weighted by molar-refractivity contribution is 7.89. The van der Waals surface area contributed by atoms with E-state index in [1.54, 1.807) is 11.6 Å². The molecule has 4 N–H and O–H groups in total. The Morgan fingerprint density at radius 1 is 1.53 bits per heavy atom. The Morgan fingerprint density at radius 3 is 2.79 bits per heavy atom. The maximum absolute atomic E-state index is 12.5. The van der Waals surface area contributed by atoms with Gasteiger partial charge in [0.25, 0.3) is 10.0 Å². The smallest absolute Gasteiger partial charge is 0.260 e. The summed E-state index contributed by atoms with van der Waals surface area (Å²) < 4.78 is 29.2. The van der Waals surface area contributed by atoms with E-state index in [0.717, 1.165) is 0 Å². The third-order valence-electron chi connectivity index (χ3n) is 2.90. The minimum atomic E-state index is -3.71. The zero-order valence-corrected chi connectivity index (χ0v) is 12.6. The lowest BCUT2D eigenvalue weighted by atomic mass is 10.0. The van der Waals surface area contributed by atoms with Crippen molar-refractivity contribution in [1.29, 1.82) is 0 Å². The first-order valence-corrected chi connectivity index (χ1v) is 8.13. The molecule has 0 amide bonds. The Kier molecular flexibility index (Phi) is 3.56. The third-order valence-corrected chi connectivity index (χ3v) is 5.38. The summed E-state index contributed by atoms with van der Waals surface area (Å²) in [6.07, 6.45) is 2.32. The minimum absolute atomic E-state index is 0.0350. The second-order valence-electron chi connectivity index (χ2n) is 4.81. The lowest BCUT2D eigenvalue weighted by Gasteiger charge is -2.24. The molecule has 0 atom stereocenters. The van der Waals surface area contributed by atoms with Crippen LogP contribution in [0.3, 0.4) is 0 Å². The largest absolute Gasteiger partial charge is 0.306 e. The quantitative estimate of drug-likeness (QED) is 0.568. The third kappa shape index (κ3) is 2.59. The molecule has 7 nitrogen and oxygen atoms in total. The van der Waals surface area contributed by atoms with Gasteiger partial charge in [0.2, 0.25) is 5.03 Å². The van der Waals surface area contributed by atoms with E-state index in [1.165, 1.54) is 15.7 Å². The molecule has 0 bridgehead atoms. The molecular formula is C10H17N5O2S2. The molecule has 2 rings (SSSR count). The first-order valence-electron chi connectivity index (χ1n) is 5.77. The molecule has 2 heterocycles. The summed E-state index contributed by atoms with van der Waals surface area (Å²) in [4.78, 5) is 4.71. The van der Waals surface area contributed by atoms with Gasteiger partial charge in [-0.3, -0.25) is 4.40 Å². The van der Waals surface area contributed by atoms with Crippen molar-refractivity contribution in [3.63, 3.8) is 0 Å². The predicted molar refractivity (Wildman–Crippen MR) is 75.6 cm³/mol. The zero-order valence-electron chi connectivity index (χ0n) is 11.0. The highest BCUT2D eigenvalue weighted by Gasteiger charge is 2.30. The van der Waals surface area contributed by atoms with Gasteiger partial charge in [0.15, 0.2) is 10.8 Å². The predicted octanol–water partition coefficient (Wildman–Crippen LogP) is 1.15. The standard InChI is InChI=1S/C10H17N5O2S2/c1-4-10(2,3)14-19(16,17)8-7(13-11)12-9-15(8)5-6-18-9/h5-6,13-14H,4,11H2,1-3H3. The number of aromatic nitrogens is 2. The molecule has 0 spiro atoms. The molecule has 106 valence electrons. The molecule has 0 aliphatic carbocycles. The lowest BCUT2D eigenvalue weighted by molar-refractivity contribution is 0.438. The monoisotopic (exact) mass is 303 g/mol. The van der Waals surface area contributed by atoms with Gasteiger partial charge in [-0.1, -0.05) is 6.92 Å². The number of nitrogens with one attached hydrogen (secondary N) is 2. The number of sulfonamides is 1. The molecule has 0 unspecified atom stereocenters. The fourth-order valence-electron chi connectivity index (χ4n) is 1.60. The summed E-state index contributed by atoms with van der Waals surface area (Å²) in [5, 5.41) is 1.81. The number of fused-ring (bicyclic) bond motifs is 1. The summed E-state index contributed by atoms with van der Waals surface area (Å²) in [7, 11) is -3.71. The Labute approximate surface area is 115 Å². The minimum Gasteiger partial charge on any atom is -0.306 e. The summed E-state index contributed by atoms with van der Waals surface area (Å²) in [5.41, 5.74) is 1.80. The van der Waals surface area contributed by atoms with Gasteiger partial charge in [0, 0.05) is 17.1 Å². The van der Waals surface area contributed by atoms with Crippen molar-refractivity contribution >= 4 is 32.1 Å². The number of anilines is 1. The first-order chi connectivity index (χ1) is 8.80. The number of nitrogens with zero attached hydrogens (tertiary/aromatic N) is 2. The molecular weight excluding hydrogens is 286 g/mol. The normalized spacial score (nSPS) is 13.1. The van der Waals surface area contributed by atoms with Gasteiger partial charge in [0.05, 0.1) is 0 Å². The Balaban J connectivity index is 2.56. The summed E-state index contributed by atoms with van der Waals surface area (Å²) in [6.45, 7) is 5.57. The van der Waals surface area contributed by atoms with Crippen molar-refractivity contribution in [3.8, 4) is 0 Å². The second kappa shape index (κ2) is 4.75. The summed E-state index contributed by atoms with van der Waals surface area (Å²) >= 11 is 1.34. The number of rotatable bonds is 5. The topological polar surface area (TPSA) is 102 Å². The molecule has 0 radical (unpaired) electrons. The molecule has 19 heavy (non-hydrogen) atoms. The van der Waals surface area contributed by atoms with Crippen LogP contribution in [0.1, 0.15) is 27.2 Å². The summed E-state index contributed by atoms with van der Waals surface area (Å²) in [6, 6.07) is 0. The average Bonchev–Trinajstić information content (AvgIpc) is 2.85. The van der Waals surface area contributed by atoms with Crippen LogP contribution in [-0.2, 0) is 10.0 Å². The molecule has 9 heteroatoms. The number of imidazole rings is 1. The van der Waals surface area contributed by atoms with Crippen LogP contribution in [0.15, 0.2) is 16.6 Å². The van der Waals surface area contributed by atoms with E-state index in [2.05, 4.69) is 15.1 Å². The Morgan fingerprint density at radius 2 is 2.21 bits per heavy atom. The SMILES string of the molecule is CCC(C)(C)NS(=O)(=O)c1c(NN)nc2sccn12. The number of nitrogen functional groups attached to an aromatic ring is 1. The van der Waals surface area contributed by atoms with Crippen LogP contribution in [0.2, 0.25) is 0 Å². The molecule has 0 fully saturated rings. The second-order valence-corrected chi connectivity index (χ2v) is 7.28. The van der Waals surface area contributed by atoms with Crippen LogP contribution in [0.4, 0.5) is 5.82 Å². The van der Waals surface area contributed by atoms with Gasteiger partial charge in [-0.2, -0.15) is 4.98 Å². The number of hydrogen-bond donors (Lipinski definition) is 3. The van der Waals surface area contributed by atoms with Gasteiger partial charge in [-0.05, 0) is 20.3 Å². The van der Waals surface area contributed by atoms with E-state index >= 15 is 0 Å². The van der Waals surface area contributed by atoms with Gasteiger partial charge in [-0.15, -0.1) is 11.3 Å². The number of hydrogen-bond acceptors (Lipinski definition) is 6. The molecule has 0 aliphatic heterocycles. The summed E-state index contributed by atoms with van der Waals surface area (Å²) in [5.74, 6) is 5.50. The van der Waals surface area contributed by atoms with Crippen molar-refractivity contribution in [2.45, 2.75) is 37.8 Å². The fraction of sp³-hybridized carbons (Fsp3) is 0.500. The zero-order chi connectivity index (χ0) is 14.3. The van der Waals surface area contributed by atoms with Crippen LogP contribution in [0.25, 0.3) is 4.96 Å². The number of thiazole rings is 1. The molecule has 0 saturated heterocycles. The van der Waals surface area contributed by atoms with Crippen LogP contribution < -0.4 is 16.0 Å². The first kappa shape index (κ1) is 14.3. The highest BCUT2D eigenvalue weighted by atomic mass is 32.2. The van der Waals surface area contributed by atoms with Crippen molar-refractivity contribution in [2.75, 3.05) is 5.43 Å². The van der Waals surface area contributed by atoms with Gasteiger partial charge < -0.3 is 5.43 Å². The van der Waals surface area contributed by atoms with E-state index in [0.29, 0.717) is 11.4 Å². The van der Waals surface area contributed by atoms with Gasteiger partial charge >= 0.3 is 0 Å². The highest BCUT2D eigenvalue weighted by Crippen LogP contribution is 2.26. The molecule has 0 aliphatic rings. The van der Waals surface area contributed by atoms with Crippen molar-refractivity contribution in [1.82, 2.24) is 14.1 Å². The molecule has 2 aromatic rings. The van der Waals surface area contributed by atoms with Crippen LogP contribution >= 0.6 is 11.3 Å². The number of hydrazine groups is 1. The van der Waals surface area contributed by atoms with Crippen molar-refractivity contribution < 1.29 is 8.42 Å². The van der Waals surface area contributed by atoms with Gasteiger partial charge in [-0.25, -0.2) is 19.0 Å². The maximum Gasteiger partial charge on any atom is 0.260 e. The Hall–Kier alpha value is -1.16. The van der Waals surface area contributed by atoms with E-state index < -0.39 is 15.6 Å². The number of nitrogens with two attached hydrogens (primary N) is 1. The van der Waals surface area contributed by atoms with E-state index in [4.69, 9.17) is 5.84 Å². The molecule has 0 aromatic carbocycles. The maximum atomic E-state index is 12.5. The van der Waals surface area contributed by atoms with E-state index in [1.807, 2.05) is 20.8 Å². The van der Waals surface area contributed by atoms with E-state index in [9.17, 15) is 8.42 Å². The van der Waals surface area contributed by atoms with Gasteiger partial charge in [0.1, 0.15) is 0 Å².